The van der Waals surface area contributed by atoms with E-state index in [0.29, 0.717) is 6.07 Å². The summed E-state index contributed by atoms with van der Waals surface area (Å²) >= 11 is 5.78. The number of nitrogens with zero attached hydrogens (tertiary/aromatic N) is 1. The second-order valence-corrected chi connectivity index (χ2v) is 8.39. The first-order valence-electron chi connectivity index (χ1n) is 10.5. The molecule has 0 unspecified atom stereocenters. The highest BCUT2D eigenvalue weighted by atomic mass is 35.5. The van der Waals surface area contributed by atoms with E-state index in [1.807, 2.05) is 0 Å². The molecule has 0 bridgehead atoms. The van der Waals surface area contributed by atoms with Crippen molar-refractivity contribution >= 4 is 34.2 Å². The Morgan fingerprint density at radius 2 is 1.86 bits per heavy atom. The molecule has 0 aliphatic heterocycles. The molecule has 0 fully saturated rings. The Morgan fingerprint density at radius 3 is 2.50 bits per heavy atom. The van der Waals surface area contributed by atoms with Crippen LogP contribution in [0.15, 0.2) is 57.7 Å². The van der Waals surface area contributed by atoms with Gasteiger partial charge in [0.25, 0.3) is 0 Å². The number of fused-ring (bicyclic) bond motifs is 1. The number of carbonyl (C=O) groups is 1. The van der Waals surface area contributed by atoms with Crippen molar-refractivity contribution in [3.63, 3.8) is 0 Å². The topological polar surface area (TPSA) is 92.4 Å². The molecule has 1 atom stereocenters. The van der Waals surface area contributed by atoms with E-state index in [2.05, 4.69) is 10.3 Å². The lowest BCUT2D eigenvalue weighted by molar-refractivity contribution is -0.137. The summed E-state index contributed by atoms with van der Waals surface area (Å²) < 4.78 is 61.6. The number of nitrogens with one attached hydrogen (secondary N) is 1. The molecule has 0 radical (unpaired) electrons. The van der Waals surface area contributed by atoms with Crippen molar-refractivity contribution in [3.8, 4) is 11.3 Å². The number of carboxylic acid groups (broad SMARTS) is 1. The van der Waals surface area contributed by atoms with Crippen molar-refractivity contribution in [2.45, 2.75) is 26.1 Å². The largest absolute Gasteiger partial charge is 0.476 e. The molecule has 11 heteroatoms. The van der Waals surface area contributed by atoms with E-state index < -0.39 is 40.7 Å². The predicted octanol–water partition coefficient (Wildman–Crippen LogP) is 6.85. The van der Waals surface area contributed by atoms with Crippen LogP contribution >= 0.6 is 11.6 Å². The average Bonchev–Trinajstić information content (AvgIpc) is 2.81. The van der Waals surface area contributed by atoms with Gasteiger partial charge in [0.1, 0.15) is 22.3 Å². The van der Waals surface area contributed by atoms with Gasteiger partial charge in [-0.3, -0.25) is 4.79 Å². The van der Waals surface area contributed by atoms with E-state index >= 15 is 0 Å². The van der Waals surface area contributed by atoms with Gasteiger partial charge in [-0.05, 0) is 50.2 Å². The van der Waals surface area contributed by atoms with Crippen LogP contribution < -0.4 is 10.7 Å². The third kappa shape index (κ3) is 4.64. The van der Waals surface area contributed by atoms with E-state index in [-0.39, 0.29) is 44.3 Å². The van der Waals surface area contributed by atoms with Crippen LogP contribution in [0.4, 0.5) is 23.2 Å². The molecule has 4 aromatic rings. The number of carboxylic acids is 1. The number of halogens is 5. The Kier molecular flexibility index (Phi) is 6.48. The van der Waals surface area contributed by atoms with Crippen LogP contribution in [0.1, 0.15) is 40.1 Å². The minimum absolute atomic E-state index is 0.0197. The number of hydrogen-bond acceptors (Lipinski definition) is 5. The number of hydrogen-bond donors (Lipinski definition) is 2. The number of rotatable bonds is 5. The summed E-state index contributed by atoms with van der Waals surface area (Å²) in [6, 6.07) is 8.63. The standard InChI is InChI=1S/C25H17ClF4N2O4/c1-11-21(33)16-10-13(25(28,29)30)9-15(23(16)36-22(11)14-5-3-4-6-17(14)27)12(2)31-18-7-8-19(26)32-20(18)24(34)35/h3-10,12,31H,1-2H3,(H,34,35)/t12-/m1/s1. The van der Waals surface area contributed by atoms with Crippen molar-refractivity contribution < 1.29 is 31.9 Å². The van der Waals surface area contributed by atoms with Gasteiger partial charge in [0, 0.05) is 11.1 Å². The van der Waals surface area contributed by atoms with Crippen molar-refractivity contribution in [1.29, 1.82) is 0 Å². The molecule has 0 aliphatic rings. The van der Waals surface area contributed by atoms with Crippen LogP contribution in [0.5, 0.6) is 0 Å². The first-order chi connectivity index (χ1) is 16.9. The first kappa shape index (κ1) is 25.2. The molecule has 2 aromatic carbocycles. The molecule has 0 spiro atoms. The van der Waals surface area contributed by atoms with Crippen LogP contribution in [0, 0.1) is 12.7 Å². The van der Waals surface area contributed by atoms with Gasteiger partial charge < -0.3 is 14.8 Å². The van der Waals surface area contributed by atoms with E-state index in [1.54, 1.807) is 0 Å². The molecular formula is C25H17ClF4N2O4. The van der Waals surface area contributed by atoms with E-state index in [4.69, 9.17) is 16.0 Å². The van der Waals surface area contributed by atoms with E-state index in [0.717, 1.165) is 12.1 Å². The number of anilines is 1. The predicted molar refractivity (Wildman–Crippen MR) is 126 cm³/mol. The summed E-state index contributed by atoms with van der Waals surface area (Å²) in [6.45, 7) is 2.80. The van der Waals surface area contributed by atoms with E-state index in [9.17, 15) is 32.3 Å². The maximum Gasteiger partial charge on any atom is 0.416 e. The fourth-order valence-electron chi connectivity index (χ4n) is 3.83. The quantitative estimate of drug-likeness (QED) is 0.221. The zero-order valence-electron chi connectivity index (χ0n) is 18.7. The van der Waals surface area contributed by atoms with Crippen LogP contribution in [0.3, 0.4) is 0 Å². The highest BCUT2D eigenvalue weighted by molar-refractivity contribution is 6.29. The smallest absolute Gasteiger partial charge is 0.416 e. The average molecular weight is 521 g/mol. The van der Waals surface area contributed by atoms with Crippen molar-refractivity contribution in [2.75, 3.05) is 5.32 Å². The van der Waals surface area contributed by atoms with Crippen LogP contribution in [0.25, 0.3) is 22.3 Å². The lowest BCUT2D eigenvalue weighted by Crippen LogP contribution is -2.16. The molecule has 0 saturated carbocycles. The number of pyridine rings is 1. The first-order valence-corrected chi connectivity index (χ1v) is 10.9. The van der Waals surface area contributed by atoms with Crippen LogP contribution in [-0.4, -0.2) is 16.1 Å². The number of benzene rings is 2. The highest BCUT2D eigenvalue weighted by Gasteiger charge is 2.33. The number of aromatic nitrogens is 1. The second-order valence-electron chi connectivity index (χ2n) is 8.01. The van der Waals surface area contributed by atoms with Gasteiger partial charge in [-0.1, -0.05) is 23.7 Å². The Morgan fingerprint density at radius 1 is 1.17 bits per heavy atom. The summed E-state index contributed by atoms with van der Waals surface area (Å²) in [6.07, 6.45) is -4.79. The molecule has 2 N–H and O–H groups in total. The molecule has 0 saturated heterocycles. The summed E-state index contributed by atoms with van der Waals surface area (Å²) in [5.74, 6) is -2.22. The maximum atomic E-state index is 14.5. The Labute approximate surface area is 206 Å². The second kappa shape index (κ2) is 9.27. The fraction of sp³-hybridized carbons (Fsp3) is 0.160. The normalized spacial score (nSPS) is 12.5. The highest BCUT2D eigenvalue weighted by Crippen LogP contribution is 2.38. The lowest BCUT2D eigenvalue weighted by Gasteiger charge is -2.20. The molecule has 186 valence electrons. The fourth-order valence-corrected chi connectivity index (χ4v) is 3.98. The van der Waals surface area contributed by atoms with Gasteiger partial charge in [0.15, 0.2) is 11.1 Å². The lowest BCUT2D eigenvalue weighted by atomic mass is 9.98. The minimum atomic E-state index is -4.79. The van der Waals surface area contributed by atoms with E-state index in [1.165, 1.54) is 44.2 Å². The van der Waals surface area contributed by atoms with Crippen molar-refractivity contribution in [3.05, 3.63) is 92.1 Å². The summed E-state index contributed by atoms with van der Waals surface area (Å²) in [5, 5.41) is 11.8. The van der Waals surface area contributed by atoms with Gasteiger partial charge in [-0.25, -0.2) is 14.2 Å². The molecule has 2 heterocycles. The molecule has 6 nitrogen and oxygen atoms in total. The third-order valence-corrected chi connectivity index (χ3v) is 5.81. The molecular weight excluding hydrogens is 504 g/mol. The van der Waals surface area contributed by atoms with Gasteiger partial charge in [-0.2, -0.15) is 13.2 Å². The third-order valence-electron chi connectivity index (χ3n) is 5.60. The number of aromatic carboxylic acids is 1. The maximum absolute atomic E-state index is 14.5. The van der Waals surface area contributed by atoms with Crippen molar-refractivity contribution in [1.82, 2.24) is 4.98 Å². The van der Waals surface area contributed by atoms with Crippen LogP contribution in [-0.2, 0) is 6.18 Å². The van der Waals surface area contributed by atoms with Crippen LogP contribution in [0.2, 0.25) is 5.15 Å². The number of alkyl halides is 3. The van der Waals surface area contributed by atoms with Gasteiger partial charge in [0.2, 0.25) is 0 Å². The summed E-state index contributed by atoms with van der Waals surface area (Å²) in [7, 11) is 0. The molecule has 0 aliphatic carbocycles. The van der Waals surface area contributed by atoms with Crippen molar-refractivity contribution in [2.24, 2.45) is 0 Å². The molecule has 0 amide bonds. The monoisotopic (exact) mass is 520 g/mol. The zero-order valence-corrected chi connectivity index (χ0v) is 19.5. The van der Waals surface area contributed by atoms with Gasteiger partial charge >= 0.3 is 12.1 Å². The summed E-state index contributed by atoms with van der Waals surface area (Å²) in [5.41, 5.74) is -2.71. The SMILES string of the molecule is Cc1c(-c2ccccc2F)oc2c([C@@H](C)Nc3ccc(Cl)nc3C(=O)O)cc(C(F)(F)F)cc2c1=O. The summed E-state index contributed by atoms with van der Waals surface area (Å²) in [4.78, 5) is 28.5. The van der Waals surface area contributed by atoms with Gasteiger partial charge in [-0.15, -0.1) is 0 Å². The minimum Gasteiger partial charge on any atom is -0.476 e. The van der Waals surface area contributed by atoms with Gasteiger partial charge in [0.05, 0.1) is 28.2 Å². The zero-order chi connectivity index (χ0) is 26.4. The Balaban J connectivity index is 1.98. The molecule has 4 rings (SSSR count). The Bertz CT molecular complexity index is 1570. The molecule has 2 aromatic heterocycles. The Hall–Kier alpha value is -3.92. The molecule has 36 heavy (non-hydrogen) atoms.